The van der Waals surface area contributed by atoms with E-state index < -0.39 is 209 Å². The lowest BCUT2D eigenvalue weighted by Gasteiger charge is -2.53. The van der Waals surface area contributed by atoms with E-state index >= 15 is 4.79 Å². The number of benzene rings is 5. The molecule has 0 spiro atoms. The molecule has 124 heavy (non-hydrogen) atoms. The first kappa shape index (κ1) is 99.8. The van der Waals surface area contributed by atoms with Crippen molar-refractivity contribution in [3.63, 3.8) is 0 Å². The van der Waals surface area contributed by atoms with E-state index in [-0.39, 0.29) is 57.6 Å². The van der Waals surface area contributed by atoms with E-state index in [1.807, 2.05) is 152 Å². The zero-order chi connectivity index (χ0) is 90.9. The fourth-order valence-electron chi connectivity index (χ4n) is 14.0. The van der Waals surface area contributed by atoms with Gasteiger partial charge in [-0.05, 0) is 119 Å². The van der Waals surface area contributed by atoms with Gasteiger partial charge in [-0.3, -0.25) is 0 Å². The SMILES string of the molecule is CC(C)(C)[Si](C)(C)OC[C@H]1O[C@@H](O[C@@H]2[C@@H](O)[C@H](N)C[C@H](NC(=O)OCc3ccccc3)[C@H]2O[C@H]2O[C@@H]3COC(c4ccccc4)O[C@H]3[C@H](O[Si](C)(C)C(C)(C)C)[C@H]2NC(=O)OCc2ccccc2)[C@H](O[Si](C)(C)C(C)(C)C)[C@@H]1O[C@H]1O[C@@H](CNC(=O)OCc2ccccc2)[C@H](O[Si](C)(C)C(C)(C)C)[C@H](O[Si](C)(C)C(C)(C)C)[C@H]1NC(=O)OCc1ccccc1. The number of amides is 4. The molecule has 4 amide bonds. The molecule has 32 heteroatoms. The number of alkyl carbamates (subject to hydrolysis) is 4. The van der Waals surface area contributed by atoms with Gasteiger partial charge in [-0.2, -0.15) is 0 Å². The number of ether oxygens (including phenoxy) is 12. The molecule has 4 saturated heterocycles. The van der Waals surface area contributed by atoms with Crippen LogP contribution in [0.2, 0.25) is 90.7 Å². The summed E-state index contributed by atoms with van der Waals surface area (Å²) in [4.78, 5) is 59.3. The lowest BCUT2D eigenvalue weighted by molar-refractivity contribution is -0.356. The molecule has 7 N–H and O–H groups in total. The number of hydrogen-bond acceptors (Lipinski definition) is 23. The average Bonchev–Trinajstić information content (AvgIpc) is 1.13. The average molecular weight is 1810 g/mol. The number of carbonyl (C=O) groups is 4. The third-order valence-electron chi connectivity index (χ3n) is 26.8. The summed E-state index contributed by atoms with van der Waals surface area (Å²) in [6, 6.07) is 41.8. The van der Waals surface area contributed by atoms with Crippen LogP contribution >= 0.6 is 0 Å². The number of nitrogens with one attached hydrogen (secondary N) is 4. The van der Waals surface area contributed by atoms with Crippen molar-refractivity contribution >= 4 is 66.0 Å². The molecule has 20 atom stereocenters. The maximum Gasteiger partial charge on any atom is 0.407 e. The molecular formula is C92H143N5O22Si5. The van der Waals surface area contributed by atoms with Gasteiger partial charge >= 0.3 is 24.4 Å². The van der Waals surface area contributed by atoms with Crippen LogP contribution < -0.4 is 27.0 Å². The van der Waals surface area contributed by atoms with Crippen molar-refractivity contribution in [1.29, 1.82) is 0 Å². The Kier molecular flexibility index (Phi) is 33.2. The largest absolute Gasteiger partial charge is 0.445 e. The van der Waals surface area contributed by atoms with Gasteiger partial charge in [-0.1, -0.05) is 256 Å². The molecule has 5 fully saturated rings. The van der Waals surface area contributed by atoms with Gasteiger partial charge in [-0.25, -0.2) is 19.2 Å². The molecule has 688 valence electrons. The Morgan fingerprint density at radius 3 is 1.21 bits per heavy atom. The van der Waals surface area contributed by atoms with Gasteiger partial charge < -0.3 is 111 Å². The maximum absolute atomic E-state index is 15.2. The predicted molar refractivity (Wildman–Crippen MR) is 486 cm³/mol. The summed E-state index contributed by atoms with van der Waals surface area (Å²) in [6.45, 7) is 52.2. The summed E-state index contributed by atoms with van der Waals surface area (Å²) in [7, 11) is -14.8. The summed E-state index contributed by atoms with van der Waals surface area (Å²) in [5.41, 5.74) is 10.9. The molecule has 4 heterocycles. The van der Waals surface area contributed by atoms with Crippen LogP contribution in [-0.2, 0) is 105 Å². The van der Waals surface area contributed by atoms with E-state index in [0.29, 0.717) is 5.56 Å². The van der Waals surface area contributed by atoms with E-state index in [2.05, 4.69) is 191 Å². The lowest BCUT2D eigenvalue weighted by Crippen LogP contribution is -2.72. The Balaban J connectivity index is 1.14. The number of fused-ring (bicyclic) bond motifs is 1. The van der Waals surface area contributed by atoms with Crippen LogP contribution in [0.3, 0.4) is 0 Å². The minimum absolute atomic E-state index is 0.0251. The first-order valence-electron chi connectivity index (χ1n) is 43.7. The second-order valence-electron chi connectivity index (χ2n) is 41.2. The second-order valence-corrected chi connectivity index (χ2v) is 65.0. The Labute approximate surface area is 741 Å². The van der Waals surface area contributed by atoms with E-state index in [1.54, 1.807) is 0 Å². The first-order valence-corrected chi connectivity index (χ1v) is 58.3. The van der Waals surface area contributed by atoms with Crippen molar-refractivity contribution in [2.45, 2.75) is 350 Å². The van der Waals surface area contributed by atoms with Crippen LogP contribution in [-0.4, -0.2) is 207 Å². The van der Waals surface area contributed by atoms with Crippen LogP contribution in [0.25, 0.3) is 0 Å². The minimum atomic E-state index is -3.17. The molecule has 5 aliphatic rings. The zero-order valence-corrected chi connectivity index (χ0v) is 82.7. The van der Waals surface area contributed by atoms with E-state index in [4.69, 9.17) is 84.7 Å². The van der Waals surface area contributed by atoms with Crippen molar-refractivity contribution in [2.24, 2.45) is 5.73 Å². The molecule has 1 unspecified atom stereocenters. The summed E-state index contributed by atoms with van der Waals surface area (Å²) < 4.78 is 121. The monoisotopic (exact) mass is 1810 g/mol. The lowest BCUT2D eigenvalue weighted by atomic mass is 9.83. The second kappa shape index (κ2) is 41.2. The van der Waals surface area contributed by atoms with Crippen LogP contribution in [0.4, 0.5) is 19.2 Å². The van der Waals surface area contributed by atoms with Crippen molar-refractivity contribution in [1.82, 2.24) is 21.3 Å². The van der Waals surface area contributed by atoms with Crippen LogP contribution in [0.15, 0.2) is 152 Å². The van der Waals surface area contributed by atoms with Gasteiger partial charge in [0.15, 0.2) is 66.7 Å². The van der Waals surface area contributed by atoms with Crippen LogP contribution in [0.5, 0.6) is 0 Å². The molecule has 0 radical (unpaired) electrons. The highest BCUT2D eigenvalue weighted by Gasteiger charge is 2.62. The molecule has 1 saturated carbocycles. The standard InChI is InChI=1S/C92H143N5O22Si5/c1-88(2,3)120(16,17)108-58-68-74(114-81-70(97-87(102)107-56-62-47-37-29-38-48-62)77(118-123(22,23)91(10,11)12)75(116-121(18,19)89(4,5)6)66(109-81)52-94-84(99)104-53-59-41-31-26-32-42-59)79(119-124(24,25)92(13,14)15)83(111-68)115-78-71(98)64(93)51-65(95-85(100)105-54-60-43-33-27-34-44-60)72(78)112-82-69(96-86(101)106-55-61-45-35-28-36-46-61)76(117-122(20,21)90(7,8)9)73-67(110-82)57-103-80(113-73)63-49-39-30-40-50-63/h26-50,64-83,98H,51-58,93H2,1-25H3,(H,94,99)(H,95,100)(H,96,101)(H,97,102)/t64-,65+,66+,67-,68-,69-,70-,71+,72-,73-,74-,75+,76-,77-,78-,79-,80?,81-,82-,83+/m1/s1. The number of hydrogen-bond donors (Lipinski definition) is 6. The van der Waals surface area contributed by atoms with E-state index in [9.17, 15) is 19.5 Å². The highest BCUT2D eigenvalue weighted by Crippen LogP contribution is 2.49. The Morgan fingerprint density at radius 2 is 0.766 bits per heavy atom. The number of aliphatic hydroxyl groups excluding tert-OH is 1. The summed E-state index contributed by atoms with van der Waals surface area (Å²) in [5, 5.41) is 23.8. The van der Waals surface area contributed by atoms with Crippen LogP contribution in [0.1, 0.15) is 144 Å². The van der Waals surface area contributed by atoms with Crippen molar-refractivity contribution in [2.75, 3.05) is 19.8 Å². The molecule has 1 aliphatic carbocycles. The van der Waals surface area contributed by atoms with Gasteiger partial charge in [-0.15, -0.1) is 0 Å². The van der Waals surface area contributed by atoms with Crippen molar-refractivity contribution in [3.05, 3.63) is 179 Å². The number of aliphatic hydroxyl groups is 1. The minimum Gasteiger partial charge on any atom is -0.445 e. The van der Waals surface area contributed by atoms with Gasteiger partial charge in [0, 0.05) is 18.2 Å². The van der Waals surface area contributed by atoms with Crippen molar-refractivity contribution in [3.8, 4) is 0 Å². The Bertz CT molecular complexity index is 4210. The first-order chi connectivity index (χ1) is 57.8. The quantitative estimate of drug-likeness (QED) is 0.0177. The van der Waals surface area contributed by atoms with Crippen LogP contribution in [0, 0.1) is 0 Å². The highest BCUT2D eigenvalue weighted by atomic mass is 28.4. The van der Waals surface area contributed by atoms with Gasteiger partial charge in [0.2, 0.25) is 0 Å². The molecule has 5 aromatic carbocycles. The highest BCUT2D eigenvalue weighted by molar-refractivity contribution is 6.76. The third-order valence-corrected chi connectivity index (χ3v) is 49.1. The van der Waals surface area contributed by atoms with Gasteiger partial charge in [0.05, 0.1) is 37.6 Å². The van der Waals surface area contributed by atoms with Gasteiger partial charge in [0.25, 0.3) is 0 Å². The fraction of sp³-hybridized carbons (Fsp3) is 0.630. The number of rotatable bonds is 31. The molecular weight excluding hydrogens is 1670 g/mol. The predicted octanol–water partition coefficient (Wildman–Crippen LogP) is 16.9. The molecule has 27 nitrogen and oxygen atoms in total. The number of carbonyl (C=O) groups excluding carboxylic acids is 4. The van der Waals surface area contributed by atoms with E-state index in [1.165, 1.54) is 0 Å². The van der Waals surface area contributed by atoms with Crippen molar-refractivity contribution < 1.29 is 103 Å². The number of nitrogens with two attached hydrogens (primary N) is 1. The fourth-order valence-corrected chi connectivity index (χ4v) is 20.3. The summed E-state index contributed by atoms with van der Waals surface area (Å²) in [6.07, 6.45) is -23.6. The third kappa shape index (κ3) is 25.8. The van der Waals surface area contributed by atoms with E-state index in [0.717, 1.165) is 22.3 Å². The molecule has 10 rings (SSSR count). The summed E-state index contributed by atoms with van der Waals surface area (Å²) in [5.74, 6) is 0. The molecule has 0 aromatic heterocycles. The Hall–Kier alpha value is -6.34. The topological polar surface area (TPSA) is 320 Å². The summed E-state index contributed by atoms with van der Waals surface area (Å²) >= 11 is 0. The normalized spacial score (nSPS) is 28.2. The zero-order valence-electron chi connectivity index (χ0n) is 77.7. The molecule has 5 aromatic rings. The smallest absolute Gasteiger partial charge is 0.407 e. The maximum atomic E-state index is 15.2. The van der Waals surface area contributed by atoms with Gasteiger partial charge in [0.1, 0.15) is 93.4 Å². The molecule has 4 aliphatic heterocycles. The molecule has 0 bridgehead atoms. The Morgan fingerprint density at radius 1 is 0.403 bits per heavy atom.